The zero-order valence-corrected chi connectivity index (χ0v) is 19.4. The van der Waals surface area contributed by atoms with Crippen molar-refractivity contribution >= 4 is 40.5 Å². The number of nitro groups is 1. The van der Waals surface area contributed by atoms with Crippen LogP contribution in [0.25, 0.3) is 0 Å². The summed E-state index contributed by atoms with van der Waals surface area (Å²) in [6.45, 7) is 6.41. The van der Waals surface area contributed by atoms with Crippen LogP contribution in [0.5, 0.6) is 5.75 Å². The molecule has 10 heteroatoms. The summed E-state index contributed by atoms with van der Waals surface area (Å²) < 4.78 is 5.54. The number of likely N-dealkylation sites (N-methyl/N-ethyl adjacent to an activating group) is 1. The van der Waals surface area contributed by atoms with E-state index in [1.54, 1.807) is 23.1 Å². The lowest BCUT2D eigenvalue weighted by molar-refractivity contribution is -0.384. The van der Waals surface area contributed by atoms with E-state index >= 15 is 0 Å². The van der Waals surface area contributed by atoms with E-state index in [0.29, 0.717) is 30.2 Å². The summed E-state index contributed by atoms with van der Waals surface area (Å²) >= 11 is 6.29. The van der Waals surface area contributed by atoms with Crippen LogP contribution in [-0.4, -0.2) is 54.4 Å². The second kappa shape index (κ2) is 11.0. The van der Waals surface area contributed by atoms with Crippen LogP contribution in [0.4, 0.5) is 17.1 Å². The minimum absolute atomic E-state index is 0.139. The molecule has 1 aliphatic rings. The van der Waals surface area contributed by atoms with E-state index in [0.717, 1.165) is 25.9 Å². The third-order valence-electron chi connectivity index (χ3n) is 5.54. The maximum absolute atomic E-state index is 13.0. The molecule has 1 N–H and O–H groups in total. The predicted molar refractivity (Wildman–Crippen MR) is 127 cm³/mol. The Kier molecular flexibility index (Phi) is 8.11. The molecule has 0 aliphatic carbocycles. The number of ether oxygens (including phenoxy) is 1. The number of nitrogens with one attached hydrogen (secondary N) is 1. The van der Waals surface area contributed by atoms with Crippen molar-refractivity contribution in [2.24, 2.45) is 0 Å². The van der Waals surface area contributed by atoms with E-state index in [1.807, 2.05) is 13.8 Å². The van der Waals surface area contributed by atoms with E-state index in [2.05, 4.69) is 10.2 Å². The molecule has 0 bridgehead atoms. The number of non-ortho nitro benzene ring substituents is 1. The number of benzene rings is 2. The zero-order valence-electron chi connectivity index (χ0n) is 18.7. The van der Waals surface area contributed by atoms with Crippen molar-refractivity contribution in [3.63, 3.8) is 0 Å². The second-order valence-corrected chi connectivity index (χ2v) is 8.01. The van der Waals surface area contributed by atoms with Gasteiger partial charge in [-0.3, -0.25) is 19.7 Å². The van der Waals surface area contributed by atoms with Crippen LogP contribution in [-0.2, 0) is 4.79 Å². The Hall–Kier alpha value is -3.33. The van der Waals surface area contributed by atoms with Crippen LogP contribution in [0, 0.1) is 10.1 Å². The van der Waals surface area contributed by atoms with Crippen molar-refractivity contribution in [1.29, 1.82) is 0 Å². The van der Waals surface area contributed by atoms with Crippen molar-refractivity contribution < 1.29 is 19.2 Å². The van der Waals surface area contributed by atoms with Crippen molar-refractivity contribution in [1.82, 2.24) is 4.90 Å². The van der Waals surface area contributed by atoms with Gasteiger partial charge in [-0.1, -0.05) is 11.6 Å². The normalized spacial score (nSPS) is 13.0. The topological polar surface area (TPSA) is 105 Å². The largest absolute Gasteiger partial charge is 0.482 e. The van der Waals surface area contributed by atoms with Gasteiger partial charge in [-0.05, 0) is 51.0 Å². The van der Waals surface area contributed by atoms with Gasteiger partial charge in [-0.25, -0.2) is 0 Å². The SMILES string of the molecule is CCN(CC)C(=O)COc1ccc(NC(=O)c2cc([N+](=O)[O-])ccc2N2CCCC2)cc1Cl. The number of carbonyl (C=O) groups is 2. The van der Waals surface area contributed by atoms with Crippen LogP contribution in [0.15, 0.2) is 36.4 Å². The quantitative estimate of drug-likeness (QED) is 0.428. The number of amides is 2. The van der Waals surface area contributed by atoms with Gasteiger partial charge in [0, 0.05) is 44.0 Å². The van der Waals surface area contributed by atoms with Gasteiger partial charge in [0.2, 0.25) is 0 Å². The lowest BCUT2D eigenvalue weighted by Crippen LogP contribution is -2.34. The highest BCUT2D eigenvalue weighted by molar-refractivity contribution is 6.32. The third-order valence-corrected chi connectivity index (χ3v) is 5.83. The average Bonchev–Trinajstić information content (AvgIpc) is 3.33. The lowest BCUT2D eigenvalue weighted by atomic mass is 10.1. The summed E-state index contributed by atoms with van der Waals surface area (Å²) in [5, 5.41) is 14.2. The van der Waals surface area contributed by atoms with Crippen LogP contribution >= 0.6 is 11.6 Å². The van der Waals surface area contributed by atoms with E-state index in [4.69, 9.17) is 16.3 Å². The van der Waals surface area contributed by atoms with Gasteiger partial charge < -0.3 is 19.9 Å². The number of hydrogen-bond donors (Lipinski definition) is 1. The Balaban J connectivity index is 1.75. The van der Waals surface area contributed by atoms with Crippen molar-refractivity contribution in [2.45, 2.75) is 26.7 Å². The fourth-order valence-electron chi connectivity index (χ4n) is 3.75. The highest BCUT2D eigenvalue weighted by Crippen LogP contribution is 2.31. The number of carbonyl (C=O) groups excluding carboxylic acids is 2. The van der Waals surface area contributed by atoms with Gasteiger partial charge in [0.25, 0.3) is 17.5 Å². The Bertz CT molecular complexity index is 1040. The Morgan fingerprint density at radius 2 is 1.85 bits per heavy atom. The maximum atomic E-state index is 13.0. The average molecular weight is 475 g/mol. The number of anilines is 2. The van der Waals surface area contributed by atoms with E-state index < -0.39 is 10.8 Å². The summed E-state index contributed by atoms with van der Waals surface area (Å²) in [7, 11) is 0. The van der Waals surface area contributed by atoms with Crippen LogP contribution in [0.2, 0.25) is 5.02 Å². The van der Waals surface area contributed by atoms with E-state index in [-0.39, 0.29) is 28.8 Å². The molecule has 0 aromatic heterocycles. The monoisotopic (exact) mass is 474 g/mol. The van der Waals surface area contributed by atoms with Crippen molar-refractivity contribution in [3.05, 3.63) is 57.1 Å². The summed E-state index contributed by atoms with van der Waals surface area (Å²) in [6.07, 6.45) is 2.01. The second-order valence-electron chi connectivity index (χ2n) is 7.61. The zero-order chi connectivity index (χ0) is 24.0. The molecule has 9 nitrogen and oxygen atoms in total. The summed E-state index contributed by atoms with van der Waals surface area (Å²) in [5.41, 5.74) is 1.15. The fraction of sp³-hybridized carbons (Fsp3) is 0.391. The molecule has 1 heterocycles. The Morgan fingerprint density at radius 1 is 1.15 bits per heavy atom. The molecule has 3 rings (SSSR count). The number of rotatable bonds is 9. The molecule has 176 valence electrons. The van der Waals surface area contributed by atoms with Crippen molar-refractivity contribution in [3.8, 4) is 5.75 Å². The Labute approximate surface area is 197 Å². The summed E-state index contributed by atoms with van der Waals surface area (Å²) in [4.78, 5) is 39.6. The third kappa shape index (κ3) is 5.92. The molecule has 2 aromatic carbocycles. The molecule has 0 unspecified atom stereocenters. The van der Waals surface area contributed by atoms with Gasteiger partial charge in [-0.2, -0.15) is 0 Å². The number of nitrogens with zero attached hydrogens (tertiary/aromatic N) is 3. The van der Waals surface area contributed by atoms with E-state index in [1.165, 1.54) is 18.2 Å². The molecule has 0 atom stereocenters. The fourth-order valence-corrected chi connectivity index (χ4v) is 3.99. The van der Waals surface area contributed by atoms with Gasteiger partial charge in [0.15, 0.2) is 6.61 Å². The highest BCUT2D eigenvalue weighted by atomic mass is 35.5. The first-order chi connectivity index (χ1) is 15.8. The standard InChI is InChI=1S/C23H27ClN4O5/c1-3-26(4-2)22(29)15-33-21-10-7-16(13-19(21)24)25-23(30)18-14-17(28(31)32)8-9-20(18)27-11-5-6-12-27/h7-10,13-14H,3-6,11-12,15H2,1-2H3,(H,25,30). The first-order valence-electron chi connectivity index (χ1n) is 10.9. The molecule has 1 saturated heterocycles. The van der Waals surface area contributed by atoms with Crippen LogP contribution < -0.4 is 15.0 Å². The molecular formula is C23H27ClN4O5. The summed E-state index contributed by atoms with van der Waals surface area (Å²) in [5.74, 6) is -0.293. The first-order valence-corrected chi connectivity index (χ1v) is 11.3. The van der Waals surface area contributed by atoms with Gasteiger partial charge in [0.05, 0.1) is 21.2 Å². The van der Waals surface area contributed by atoms with Crippen LogP contribution in [0.1, 0.15) is 37.0 Å². The molecule has 33 heavy (non-hydrogen) atoms. The molecule has 0 saturated carbocycles. The molecule has 2 aromatic rings. The van der Waals surface area contributed by atoms with E-state index in [9.17, 15) is 19.7 Å². The number of halogens is 1. The van der Waals surface area contributed by atoms with Crippen molar-refractivity contribution in [2.75, 3.05) is 43.0 Å². The molecule has 1 aliphatic heterocycles. The minimum atomic E-state index is -0.521. The molecule has 1 fully saturated rings. The lowest BCUT2D eigenvalue weighted by Gasteiger charge is -2.21. The minimum Gasteiger partial charge on any atom is -0.482 e. The molecule has 0 radical (unpaired) electrons. The molecule has 2 amide bonds. The van der Waals surface area contributed by atoms with Gasteiger partial charge in [0.1, 0.15) is 5.75 Å². The summed E-state index contributed by atoms with van der Waals surface area (Å²) in [6, 6.07) is 9.02. The maximum Gasteiger partial charge on any atom is 0.270 e. The van der Waals surface area contributed by atoms with Crippen LogP contribution in [0.3, 0.4) is 0 Å². The molecule has 0 spiro atoms. The molecular weight excluding hydrogens is 448 g/mol. The van der Waals surface area contributed by atoms with Gasteiger partial charge >= 0.3 is 0 Å². The Morgan fingerprint density at radius 3 is 2.45 bits per heavy atom. The number of nitro benzene ring substituents is 1. The predicted octanol–water partition coefficient (Wildman–Crippen LogP) is 4.35. The number of hydrogen-bond acceptors (Lipinski definition) is 6. The van der Waals surface area contributed by atoms with Gasteiger partial charge in [-0.15, -0.1) is 0 Å². The highest BCUT2D eigenvalue weighted by Gasteiger charge is 2.23. The first kappa shape index (κ1) is 24.3. The smallest absolute Gasteiger partial charge is 0.270 e.